The SMILES string of the molecule is COc1ccnc(C(=O)C[C@@H](C)C(=O)O[C@H](C2CCCC2)[C@H](C)Oc2ccccc2)c1OCOC(C)=O. The molecule has 0 N–H and O–H groups in total. The fourth-order valence-electron chi connectivity index (χ4n) is 4.45. The molecule has 1 aromatic carbocycles. The number of ketones is 1. The lowest BCUT2D eigenvalue weighted by molar-refractivity contribution is -0.161. The maximum absolute atomic E-state index is 13.1. The zero-order valence-electron chi connectivity index (χ0n) is 21.8. The highest BCUT2D eigenvalue weighted by Gasteiger charge is 2.35. The van der Waals surface area contributed by atoms with Crippen LogP contribution in [0.15, 0.2) is 42.6 Å². The Kier molecular flexibility index (Phi) is 10.3. The van der Waals surface area contributed by atoms with Crippen molar-refractivity contribution in [2.75, 3.05) is 13.9 Å². The summed E-state index contributed by atoms with van der Waals surface area (Å²) in [6.07, 6.45) is 4.59. The van der Waals surface area contributed by atoms with Crippen LogP contribution in [-0.4, -0.2) is 48.8 Å². The van der Waals surface area contributed by atoms with Crippen LogP contribution in [0.5, 0.6) is 17.2 Å². The predicted octanol–water partition coefficient (Wildman–Crippen LogP) is 4.77. The molecule has 0 aliphatic heterocycles. The number of nitrogens with zero attached hydrogens (tertiary/aromatic N) is 1. The average molecular weight is 514 g/mol. The molecule has 1 aliphatic carbocycles. The summed E-state index contributed by atoms with van der Waals surface area (Å²) in [4.78, 5) is 41.5. The monoisotopic (exact) mass is 513 g/mol. The molecular weight excluding hydrogens is 478 g/mol. The van der Waals surface area contributed by atoms with E-state index in [1.165, 1.54) is 26.3 Å². The van der Waals surface area contributed by atoms with E-state index in [9.17, 15) is 14.4 Å². The Morgan fingerprint density at radius 1 is 1.05 bits per heavy atom. The summed E-state index contributed by atoms with van der Waals surface area (Å²) in [6, 6.07) is 11.0. The first kappa shape index (κ1) is 28.0. The number of pyridine rings is 1. The van der Waals surface area contributed by atoms with Crippen molar-refractivity contribution in [1.29, 1.82) is 0 Å². The molecule has 200 valence electrons. The normalized spacial score (nSPS) is 15.8. The van der Waals surface area contributed by atoms with Gasteiger partial charge in [-0.1, -0.05) is 38.0 Å². The number of rotatable bonds is 13. The summed E-state index contributed by atoms with van der Waals surface area (Å²) in [6.45, 7) is 4.39. The van der Waals surface area contributed by atoms with Crippen molar-refractivity contribution in [1.82, 2.24) is 4.98 Å². The molecule has 37 heavy (non-hydrogen) atoms. The lowest BCUT2D eigenvalue weighted by atomic mass is 9.96. The van der Waals surface area contributed by atoms with Gasteiger partial charge in [0, 0.05) is 25.6 Å². The number of benzene rings is 1. The highest BCUT2D eigenvalue weighted by atomic mass is 16.7. The second-order valence-electron chi connectivity index (χ2n) is 9.20. The van der Waals surface area contributed by atoms with Gasteiger partial charge in [0.05, 0.1) is 13.0 Å². The molecule has 1 aliphatic rings. The Bertz CT molecular complexity index is 1050. The molecule has 0 amide bonds. The highest BCUT2D eigenvalue weighted by Crippen LogP contribution is 2.34. The largest absolute Gasteiger partial charge is 0.493 e. The number of carbonyl (C=O) groups excluding carboxylic acids is 3. The van der Waals surface area contributed by atoms with Gasteiger partial charge in [0.25, 0.3) is 0 Å². The molecule has 1 saturated carbocycles. The Morgan fingerprint density at radius 2 is 1.76 bits per heavy atom. The summed E-state index contributed by atoms with van der Waals surface area (Å²) >= 11 is 0. The molecule has 3 rings (SSSR count). The molecule has 2 aromatic rings. The van der Waals surface area contributed by atoms with Crippen LogP contribution in [0.4, 0.5) is 0 Å². The van der Waals surface area contributed by atoms with Crippen LogP contribution in [0.1, 0.15) is 63.4 Å². The van der Waals surface area contributed by atoms with E-state index < -0.39 is 36.5 Å². The zero-order chi connectivity index (χ0) is 26.8. The van der Waals surface area contributed by atoms with Gasteiger partial charge in [-0.3, -0.25) is 14.4 Å². The second kappa shape index (κ2) is 13.6. The van der Waals surface area contributed by atoms with Gasteiger partial charge in [-0.15, -0.1) is 0 Å². The van der Waals surface area contributed by atoms with E-state index in [2.05, 4.69) is 4.98 Å². The third kappa shape index (κ3) is 7.93. The third-order valence-corrected chi connectivity index (χ3v) is 6.36. The van der Waals surface area contributed by atoms with Crippen LogP contribution in [0.25, 0.3) is 0 Å². The maximum atomic E-state index is 13.1. The average Bonchev–Trinajstić information content (AvgIpc) is 3.42. The van der Waals surface area contributed by atoms with Crippen LogP contribution in [-0.2, 0) is 19.1 Å². The summed E-state index contributed by atoms with van der Waals surface area (Å²) in [7, 11) is 1.42. The van der Waals surface area contributed by atoms with Crippen LogP contribution in [0.2, 0.25) is 0 Å². The lowest BCUT2D eigenvalue weighted by Gasteiger charge is -2.30. The van der Waals surface area contributed by atoms with Gasteiger partial charge in [0.2, 0.25) is 6.79 Å². The molecule has 0 radical (unpaired) electrons. The minimum atomic E-state index is -0.727. The maximum Gasteiger partial charge on any atom is 0.309 e. The molecular formula is C28H35NO8. The van der Waals surface area contributed by atoms with Gasteiger partial charge >= 0.3 is 11.9 Å². The molecule has 0 spiro atoms. The number of para-hydroxylation sites is 1. The Labute approximate surface area is 217 Å². The predicted molar refractivity (Wildman–Crippen MR) is 135 cm³/mol. The van der Waals surface area contributed by atoms with Gasteiger partial charge in [0.15, 0.2) is 23.0 Å². The number of hydrogen-bond acceptors (Lipinski definition) is 9. The van der Waals surface area contributed by atoms with Crippen LogP contribution in [0, 0.1) is 11.8 Å². The molecule has 1 aromatic heterocycles. The molecule has 0 bridgehead atoms. The minimum absolute atomic E-state index is 0.0146. The number of hydrogen-bond donors (Lipinski definition) is 0. The third-order valence-electron chi connectivity index (χ3n) is 6.36. The van der Waals surface area contributed by atoms with Gasteiger partial charge in [-0.2, -0.15) is 0 Å². The Morgan fingerprint density at radius 3 is 2.41 bits per heavy atom. The summed E-state index contributed by atoms with van der Waals surface area (Å²) in [5.74, 6) is -0.941. The van der Waals surface area contributed by atoms with E-state index in [1.807, 2.05) is 37.3 Å². The Hall–Kier alpha value is -3.62. The number of Topliss-reactive ketones (excluding diaryl/α,β-unsaturated/α-hetero) is 1. The number of aromatic nitrogens is 1. The quantitative estimate of drug-likeness (QED) is 0.212. The molecule has 0 saturated heterocycles. The van der Waals surface area contributed by atoms with Crippen molar-refractivity contribution in [3.63, 3.8) is 0 Å². The minimum Gasteiger partial charge on any atom is -0.493 e. The Balaban J connectivity index is 1.68. The number of carbonyl (C=O) groups is 3. The first-order chi connectivity index (χ1) is 17.8. The van der Waals surface area contributed by atoms with Crippen molar-refractivity contribution < 1.29 is 38.1 Å². The smallest absolute Gasteiger partial charge is 0.309 e. The second-order valence-corrected chi connectivity index (χ2v) is 9.20. The van der Waals surface area contributed by atoms with Crippen LogP contribution in [0.3, 0.4) is 0 Å². The molecule has 1 fully saturated rings. The summed E-state index contributed by atoms with van der Waals surface area (Å²) < 4.78 is 27.6. The topological polar surface area (TPSA) is 110 Å². The fraction of sp³-hybridized carbons (Fsp3) is 0.500. The van der Waals surface area contributed by atoms with Gasteiger partial charge in [0.1, 0.15) is 18.0 Å². The van der Waals surface area contributed by atoms with E-state index >= 15 is 0 Å². The first-order valence-electron chi connectivity index (χ1n) is 12.5. The molecule has 3 atom stereocenters. The van der Waals surface area contributed by atoms with E-state index in [-0.39, 0.29) is 35.6 Å². The van der Waals surface area contributed by atoms with Gasteiger partial charge < -0.3 is 23.7 Å². The molecule has 0 unspecified atom stereocenters. The summed E-state index contributed by atoms with van der Waals surface area (Å²) in [5, 5.41) is 0. The summed E-state index contributed by atoms with van der Waals surface area (Å²) in [5.41, 5.74) is -0.0146. The van der Waals surface area contributed by atoms with Crippen LogP contribution >= 0.6 is 0 Å². The van der Waals surface area contributed by atoms with Crippen molar-refractivity contribution >= 4 is 17.7 Å². The lowest BCUT2D eigenvalue weighted by Crippen LogP contribution is -2.40. The number of esters is 2. The highest BCUT2D eigenvalue weighted by molar-refractivity contribution is 5.99. The standard InChI is InChI=1S/C28H35NO8/c1-18(16-23(31)25-27(35-17-34-20(3)30)24(33-4)14-15-29-25)28(32)37-26(21-10-8-9-11-21)19(2)36-22-12-6-5-7-13-22/h5-7,12-15,18-19,21,26H,8-11,16-17H2,1-4H3/t18-,19+,26+/m1/s1. The molecule has 9 nitrogen and oxygen atoms in total. The van der Waals surface area contributed by atoms with E-state index in [0.29, 0.717) is 5.75 Å². The van der Waals surface area contributed by atoms with E-state index in [0.717, 1.165) is 25.7 Å². The van der Waals surface area contributed by atoms with Crippen molar-refractivity contribution in [2.45, 2.75) is 65.1 Å². The van der Waals surface area contributed by atoms with Crippen LogP contribution < -0.4 is 14.2 Å². The van der Waals surface area contributed by atoms with Crippen molar-refractivity contribution in [3.05, 3.63) is 48.3 Å². The first-order valence-corrected chi connectivity index (χ1v) is 12.5. The van der Waals surface area contributed by atoms with E-state index in [1.54, 1.807) is 6.92 Å². The van der Waals surface area contributed by atoms with E-state index in [4.69, 9.17) is 23.7 Å². The molecule has 9 heteroatoms. The van der Waals surface area contributed by atoms with Crippen molar-refractivity contribution in [3.8, 4) is 17.2 Å². The fourth-order valence-corrected chi connectivity index (χ4v) is 4.45. The van der Waals surface area contributed by atoms with Gasteiger partial charge in [-0.05, 0) is 37.8 Å². The number of methoxy groups -OCH3 is 1. The zero-order valence-corrected chi connectivity index (χ0v) is 21.8. The molecule has 1 heterocycles. The van der Waals surface area contributed by atoms with Gasteiger partial charge in [-0.25, -0.2) is 4.98 Å². The number of ether oxygens (including phenoxy) is 5. The van der Waals surface area contributed by atoms with Crippen molar-refractivity contribution in [2.24, 2.45) is 11.8 Å².